The lowest BCUT2D eigenvalue weighted by atomic mass is 10.1. The Balaban J connectivity index is 1.75. The van der Waals surface area contributed by atoms with E-state index in [0.717, 1.165) is 5.69 Å². The van der Waals surface area contributed by atoms with E-state index < -0.39 is 18.2 Å². The van der Waals surface area contributed by atoms with Crippen molar-refractivity contribution in [3.8, 4) is 22.6 Å². The summed E-state index contributed by atoms with van der Waals surface area (Å²) in [4.78, 5) is 25.7. The van der Waals surface area contributed by atoms with Gasteiger partial charge in [0, 0.05) is 36.0 Å². The lowest BCUT2D eigenvalue weighted by Gasteiger charge is -2.14. The Labute approximate surface area is 238 Å². The molecule has 0 saturated heterocycles. The predicted octanol–water partition coefficient (Wildman–Crippen LogP) is 5.55. The maximum atomic E-state index is 13.8. The van der Waals surface area contributed by atoms with E-state index in [-0.39, 0.29) is 31.2 Å². The second-order valence-corrected chi connectivity index (χ2v) is 9.76. The van der Waals surface area contributed by atoms with Crippen LogP contribution in [0, 0.1) is 5.82 Å². The zero-order valence-corrected chi connectivity index (χ0v) is 23.2. The van der Waals surface area contributed by atoms with Crippen molar-refractivity contribution in [2.24, 2.45) is 0 Å². The van der Waals surface area contributed by atoms with Gasteiger partial charge in [0.1, 0.15) is 11.6 Å². The van der Waals surface area contributed by atoms with Crippen molar-refractivity contribution >= 4 is 23.8 Å². The van der Waals surface area contributed by atoms with Crippen molar-refractivity contribution in [2.75, 3.05) is 11.9 Å². The highest BCUT2D eigenvalue weighted by Crippen LogP contribution is 2.35. The van der Waals surface area contributed by atoms with Gasteiger partial charge in [0.15, 0.2) is 0 Å². The van der Waals surface area contributed by atoms with Crippen LogP contribution in [0.3, 0.4) is 0 Å². The van der Waals surface area contributed by atoms with Crippen LogP contribution in [-0.4, -0.2) is 54.5 Å². The Hall–Kier alpha value is -4.41. The third-order valence-corrected chi connectivity index (χ3v) is 6.18. The first kappa shape index (κ1) is 29.6. The monoisotopic (exact) mass is 559 g/mol. The number of aliphatic hydroxyl groups excluding tert-OH is 2. The highest BCUT2D eigenvalue weighted by Gasteiger charge is 2.23. The minimum absolute atomic E-state index is 0.0251. The zero-order valence-electron chi connectivity index (χ0n) is 23.2. The first-order valence-corrected chi connectivity index (χ1v) is 13.5. The van der Waals surface area contributed by atoms with Gasteiger partial charge in [-0.25, -0.2) is 19.3 Å². The minimum Gasteiger partial charge on any atom is -0.466 e. The van der Waals surface area contributed by atoms with Crippen LogP contribution in [0.4, 0.5) is 16.0 Å². The number of carbonyl (C=O) groups excluding carboxylic acids is 1. The van der Waals surface area contributed by atoms with Gasteiger partial charge in [-0.15, -0.1) is 0 Å². The van der Waals surface area contributed by atoms with E-state index in [2.05, 4.69) is 10.3 Å². The van der Waals surface area contributed by atoms with E-state index in [1.807, 2.05) is 48.7 Å². The largest absolute Gasteiger partial charge is 0.466 e. The van der Waals surface area contributed by atoms with Crippen LogP contribution in [0.5, 0.6) is 0 Å². The summed E-state index contributed by atoms with van der Waals surface area (Å²) < 4.78 is 20.5. The topological polar surface area (TPSA) is 122 Å². The first-order chi connectivity index (χ1) is 19.7. The number of aromatic nitrogens is 4. The molecule has 0 aliphatic carbocycles. The van der Waals surface area contributed by atoms with Crippen molar-refractivity contribution in [2.45, 2.75) is 51.7 Å². The number of hydrogen-bond acceptors (Lipinski definition) is 8. The summed E-state index contributed by atoms with van der Waals surface area (Å²) in [5.41, 5.74) is 3.27. The fourth-order valence-corrected chi connectivity index (χ4v) is 4.30. The molecule has 0 fully saturated rings. The lowest BCUT2D eigenvalue weighted by molar-refractivity contribution is -0.145. The Morgan fingerprint density at radius 1 is 1.07 bits per heavy atom. The second-order valence-electron chi connectivity index (χ2n) is 9.76. The van der Waals surface area contributed by atoms with Crippen molar-refractivity contribution in [3.63, 3.8) is 0 Å². The van der Waals surface area contributed by atoms with Crippen LogP contribution < -0.4 is 5.32 Å². The maximum Gasteiger partial charge on any atom is 0.308 e. The fourth-order valence-electron chi connectivity index (χ4n) is 4.30. The number of halogens is 1. The summed E-state index contributed by atoms with van der Waals surface area (Å²) in [6.07, 6.45) is 2.47. The number of hydrogen-bond donors (Lipinski definition) is 3. The minimum atomic E-state index is -1.07. The molecule has 0 saturated carbocycles. The molecule has 10 heteroatoms. The molecular weight excluding hydrogens is 525 g/mol. The molecule has 2 atom stereocenters. The van der Waals surface area contributed by atoms with Gasteiger partial charge in [-0.2, -0.15) is 0 Å². The van der Waals surface area contributed by atoms with Gasteiger partial charge in [-0.05, 0) is 55.5 Å². The van der Waals surface area contributed by atoms with Crippen molar-refractivity contribution in [1.29, 1.82) is 0 Å². The molecule has 0 aliphatic rings. The molecule has 4 aromatic rings. The Kier molecular flexibility index (Phi) is 9.94. The molecule has 2 aromatic carbocycles. The van der Waals surface area contributed by atoms with Gasteiger partial charge in [0.25, 0.3) is 0 Å². The van der Waals surface area contributed by atoms with Crippen molar-refractivity contribution in [3.05, 3.63) is 84.6 Å². The molecule has 3 N–H and O–H groups in total. The van der Waals surface area contributed by atoms with Crippen LogP contribution in [-0.2, 0) is 9.53 Å². The molecule has 0 radical (unpaired) electrons. The summed E-state index contributed by atoms with van der Waals surface area (Å²) in [6.45, 7) is 5.90. The number of rotatable bonds is 12. The molecule has 0 bridgehead atoms. The normalized spacial score (nSPS) is 13.0. The summed E-state index contributed by atoms with van der Waals surface area (Å²) in [6, 6.07) is 17.4. The fraction of sp³-hybridized carbons (Fsp3) is 0.290. The molecule has 41 heavy (non-hydrogen) atoms. The molecule has 214 valence electrons. The molecule has 0 spiro atoms. The van der Waals surface area contributed by atoms with E-state index in [1.165, 1.54) is 18.2 Å². The number of benzene rings is 2. The number of anilines is 2. The smallest absolute Gasteiger partial charge is 0.308 e. The number of para-hydroxylation sites is 1. The SMILES string of the molecule is CCOC(=O)C[C@@H](O)C[C@@H](O)C=Cn1c(C(C)C)nc(-c2ccc(F)cc2)c1-c1ccnc(Nc2ccccc2)n1. The van der Waals surface area contributed by atoms with Crippen LogP contribution in [0.1, 0.15) is 45.4 Å². The van der Waals surface area contributed by atoms with E-state index in [1.54, 1.807) is 37.5 Å². The summed E-state index contributed by atoms with van der Waals surface area (Å²) in [5.74, 6) is 0.153. The molecular formula is C31H34FN5O4. The Morgan fingerprint density at radius 3 is 2.49 bits per heavy atom. The van der Waals surface area contributed by atoms with Crippen LogP contribution in [0.25, 0.3) is 28.8 Å². The summed E-state index contributed by atoms with van der Waals surface area (Å²) in [5, 5.41) is 24.1. The van der Waals surface area contributed by atoms with Gasteiger partial charge < -0.3 is 24.8 Å². The van der Waals surface area contributed by atoms with Crippen molar-refractivity contribution < 1.29 is 24.1 Å². The molecule has 9 nitrogen and oxygen atoms in total. The number of carbonyl (C=O) groups is 1. The maximum absolute atomic E-state index is 13.8. The third kappa shape index (κ3) is 7.84. The second kappa shape index (κ2) is 13.8. The Morgan fingerprint density at radius 2 is 1.80 bits per heavy atom. The van der Waals surface area contributed by atoms with Gasteiger partial charge in [-0.1, -0.05) is 32.0 Å². The molecule has 0 unspecified atom stereocenters. The molecule has 0 aliphatic heterocycles. The lowest BCUT2D eigenvalue weighted by Crippen LogP contribution is -2.20. The van der Waals surface area contributed by atoms with Crippen LogP contribution in [0.2, 0.25) is 0 Å². The number of ether oxygens (including phenoxy) is 1. The predicted molar refractivity (Wildman–Crippen MR) is 156 cm³/mol. The van der Waals surface area contributed by atoms with Gasteiger partial charge >= 0.3 is 5.97 Å². The average molecular weight is 560 g/mol. The molecule has 2 heterocycles. The number of aliphatic hydroxyl groups is 2. The van der Waals surface area contributed by atoms with Crippen molar-refractivity contribution in [1.82, 2.24) is 19.5 Å². The van der Waals surface area contributed by atoms with Gasteiger partial charge in [0.05, 0.1) is 42.3 Å². The van der Waals surface area contributed by atoms with Gasteiger partial charge in [-0.3, -0.25) is 4.79 Å². The van der Waals surface area contributed by atoms with Crippen LogP contribution >= 0.6 is 0 Å². The van der Waals surface area contributed by atoms with E-state index in [4.69, 9.17) is 14.7 Å². The highest BCUT2D eigenvalue weighted by molar-refractivity contribution is 5.79. The average Bonchev–Trinajstić information content (AvgIpc) is 3.33. The van der Waals surface area contributed by atoms with Gasteiger partial charge in [0.2, 0.25) is 5.95 Å². The Bertz CT molecular complexity index is 1470. The quantitative estimate of drug-likeness (QED) is 0.193. The van der Waals surface area contributed by atoms with E-state index >= 15 is 0 Å². The molecule has 0 amide bonds. The number of nitrogens with zero attached hydrogens (tertiary/aromatic N) is 4. The number of imidazole rings is 1. The summed E-state index contributed by atoms with van der Waals surface area (Å²) >= 11 is 0. The third-order valence-electron chi connectivity index (χ3n) is 6.18. The number of nitrogens with one attached hydrogen (secondary N) is 1. The molecule has 2 aromatic heterocycles. The highest BCUT2D eigenvalue weighted by atomic mass is 19.1. The first-order valence-electron chi connectivity index (χ1n) is 13.5. The molecule has 4 rings (SSSR count). The van der Waals surface area contributed by atoms with Crippen LogP contribution in [0.15, 0.2) is 72.9 Å². The zero-order chi connectivity index (χ0) is 29.4. The standard InChI is InChI=1S/C31H34FN5O4/c1-4-41-27(40)19-25(39)18-24(38)15-17-37-29(26-14-16-33-31(35-26)34-23-8-6-5-7-9-23)28(36-30(37)20(2)3)21-10-12-22(32)13-11-21/h5-17,20,24-25,38-39H,4,18-19H2,1-3H3,(H,33,34,35)/t24-,25-/m0/s1. The van der Waals surface area contributed by atoms with E-state index in [0.29, 0.717) is 34.4 Å². The van der Waals surface area contributed by atoms with E-state index in [9.17, 15) is 19.4 Å². The summed E-state index contributed by atoms with van der Waals surface area (Å²) in [7, 11) is 0. The number of esters is 1.